The van der Waals surface area contributed by atoms with Gasteiger partial charge in [0, 0.05) is 25.2 Å². The van der Waals surface area contributed by atoms with Crippen LogP contribution >= 0.6 is 0 Å². The van der Waals surface area contributed by atoms with Crippen molar-refractivity contribution in [2.45, 2.75) is 19.5 Å². The van der Waals surface area contributed by atoms with Gasteiger partial charge in [0.1, 0.15) is 11.8 Å². The molecule has 0 radical (unpaired) electrons. The molecular formula is C22H23N3O3. The highest BCUT2D eigenvalue weighted by atomic mass is 16.5. The standard InChI is InChI=1S/C22H23N3O3/c1-16(22(27)24(2)15-17-7-5-4-6-8-17)25-21(26)14-13-20(23-25)18-9-11-19(28-3)12-10-18/h4-14,16H,15H2,1-3H3. The first kappa shape index (κ1) is 19.4. The Balaban J connectivity index is 1.83. The summed E-state index contributed by atoms with van der Waals surface area (Å²) >= 11 is 0. The van der Waals surface area contributed by atoms with Crippen LogP contribution in [0, 0.1) is 0 Å². The van der Waals surface area contributed by atoms with Crippen molar-refractivity contribution in [1.82, 2.24) is 14.7 Å². The first-order valence-electron chi connectivity index (χ1n) is 9.03. The van der Waals surface area contributed by atoms with Gasteiger partial charge in [-0.25, -0.2) is 4.68 Å². The van der Waals surface area contributed by atoms with E-state index in [0.29, 0.717) is 12.2 Å². The Morgan fingerprint density at radius 1 is 1.07 bits per heavy atom. The number of amides is 1. The molecule has 0 spiro atoms. The topological polar surface area (TPSA) is 64.4 Å². The van der Waals surface area contributed by atoms with Gasteiger partial charge in [0.25, 0.3) is 5.56 Å². The van der Waals surface area contributed by atoms with Crippen LogP contribution in [0.25, 0.3) is 11.3 Å². The second-order valence-corrected chi connectivity index (χ2v) is 6.59. The zero-order valence-corrected chi connectivity index (χ0v) is 16.2. The lowest BCUT2D eigenvalue weighted by molar-refractivity contribution is -0.133. The van der Waals surface area contributed by atoms with Gasteiger partial charge in [-0.2, -0.15) is 5.10 Å². The Kier molecular flexibility index (Phi) is 5.89. The molecule has 6 heteroatoms. The Labute approximate surface area is 164 Å². The van der Waals surface area contributed by atoms with Crippen molar-refractivity contribution < 1.29 is 9.53 Å². The number of nitrogens with zero attached hydrogens (tertiary/aromatic N) is 3. The summed E-state index contributed by atoms with van der Waals surface area (Å²) in [6, 6.07) is 19.5. The quantitative estimate of drug-likeness (QED) is 0.662. The minimum atomic E-state index is -0.709. The molecule has 1 unspecified atom stereocenters. The molecule has 28 heavy (non-hydrogen) atoms. The number of benzene rings is 2. The zero-order chi connectivity index (χ0) is 20.1. The van der Waals surface area contributed by atoms with Crippen LogP contribution in [0.1, 0.15) is 18.5 Å². The van der Waals surface area contributed by atoms with Gasteiger partial charge in [0.05, 0.1) is 12.8 Å². The average molecular weight is 377 g/mol. The summed E-state index contributed by atoms with van der Waals surface area (Å²) in [6.07, 6.45) is 0. The van der Waals surface area contributed by atoms with Crippen LogP contribution < -0.4 is 10.3 Å². The minimum absolute atomic E-state index is 0.176. The number of hydrogen-bond donors (Lipinski definition) is 0. The molecule has 3 rings (SSSR count). The van der Waals surface area contributed by atoms with E-state index < -0.39 is 6.04 Å². The molecule has 0 bridgehead atoms. The largest absolute Gasteiger partial charge is 0.497 e. The molecule has 0 saturated carbocycles. The highest BCUT2D eigenvalue weighted by Crippen LogP contribution is 2.20. The van der Waals surface area contributed by atoms with Crippen molar-refractivity contribution in [2.24, 2.45) is 0 Å². The van der Waals surface area contributed by atoms with E-state index in [9.17, 15) is 9.59 Å². The number of aromatic nitrogens is 2. The van der Waals surface area contributed by atoms with Gasteiger partial charge in [-0.1, -0.05) is 30.3 Å². The van der Waals surface area contributed by atoms with Gasteiger partial charge in [0.15, 0.2) is 0 Å². The number of carbonyl (C=O) groups excluding carboxylic acids is 1. The normalized spacial score (nSPS) is 11.7. The number of carbonyl (C=O) groups is 1. The number of methoxy groups -OCH3 is 1. The smallest absolute Gasteiger partial charge is 0.267 e. The van der Waals surface area contributed by atoms with Gasteiger partial charge in [-0.15, -0.1) is 0 Å². The summed E-state index contributed by atoms with van der Waals surface area (Å²) in [5, 5.41) is 4.42. The van der Waals surface area contributed by atoms with Crippen LogP contribution in [0.4, 0.5) is 0 Å². The maximum atomic E-state index is 12.8. The Morgan fingerprint density at radius 2 is 1.75 bits per heavy atom. The maximum absolute atomic E-state index is 12.8. The van der Waals surface area contributed by atoms with E-state index in [1.807, 2.05) is 54.6 Å². The second kappa shape index (κ2) is 8.52. The van der Waals surface area contributed by atoms with E-state index in [-0.39, 0.29) is 11.5 Å². The van der Waals surface area contributed by atoms with Crippen LogP contribution in [0.2, 0.25) is 0 Å². The zero-order valence-electron chi connectivity index (χ0n) is 16.2. The van der Waals surface area contributed by atoms with E-state index in [1.54, 1.807) is 32.0 Å². The summed E-state index contributed by atoms with van der Waals surface area (Å²) < 4.78 is 6.41. The van der Waals surface area contributed by atoms with Crippen LogP contribution in [0.3, 0.4) is 0 Å². The van der Waals surface area contributed by atoms with Crippen molar-refractivity contribution in [3.05, 3.63) is 82.6 Å². The lowest BCUT2D eigenvalue weighted by atomic mass is 10.1. The van der Waals surface area contributed by atoms with E-state index in [1.165, 1.54) is 10.7 Å². The van der Waals surface area contributed by atoms with Crippen LogP contribution in [-0.4, -0.2) is 34.7 Å². The molecule has 0 aliphatic rings. The first-order chi connectivity index (χ1) is 13.5. The van der Waals surface area contributed by atoms with E-state index >= 15 is 0 Å². The van der Waals surface area contributed by atoms with Crippen LogP contribution in [0.15, 0.2) is 71.5 Å². The molecule has 144 valence electrons. The number of ether oxygens (including phenoxy) is 1. The van der Waals surface area contributed by atoms with Crippen molar-refractivity contribution in [3.63, 3.8) is 0 Å². The van der Waals surface area contributed by atoms with Gasteiger partial charge >= 0.3 is 0 Å². The second-order valence-electron chi connectivity index (χ2n) is 6.59. The number of hydrogen-bond acceptors (Lipinski definition) is 4. The summed E-state index contributed by atoms with van der Waals surface area (Å²) in [5.74, 6) is 0.563. The number of rotatable bonds is 6. The Hall–Kier alpha value is -3.41. The first-order valence-corrected chi connectivity index (χ1v) is 9.03. The predicted octanol–water partition coefficient (Wildman–Crippen LogP) is 3.14. The van der Waals surface area contributed by atoms with Gasteiger partial charge in [-0.3, -0.25) is 9.59 Å². The van der Waals surface area contributed by atoms with Gasteiger partial charge < -0.3 is 9.64 Å². The third-order valence-corrected chi connectivity index (χ3v) is 4.57. The van der Waals surface area contributed by atoms with Crippen LogP contribution in [-0.2, 0) is 11.3 Å². The molecule has 2 aromatic carbocycles. The minimum Gasteiger partial charge on any atom is -0.497 e. The fourth-order valence-electron chi connectivity index (χ4n) is 2.98. The van der Waals surface area contributed by atoms with Gasteiger partial charge in [-0.05, 0) is 42.8 Å². The monoisotopic (exact) mass is 377 g/mol. The number of likely N-dealkylation sites (N-methyl/N-ethyl adjacent to an activating group) is 1. The van der Waals surface area contributed by atoms with Crippen molar-refractivity contribution in [2.75, 3.05) is 14.2 Å². The lowest BCUT2D eigenvalue weighted by Crippen LogP contribution is -2.37. The van der Waals surface area contributed by atoms with Crippen molar-refractivity contribution >= 4 is 5.91 Å². The molecule has 1 aromatic heterocycles. The molecule has 0 aliphatic heterocycles. The highest BCUT2D eigenvalue weighted by Gasteiger charge is 2.21. The maximum Gasteiger partial charge on any atom is 0.267 e. The molecular weight excluding hydrogens is 354 g/mol. The van der Waals surface area contributed by atoms with Crippen molar-refractivity contribution in [3.8, 4) is 17.0 Å². The highest BCUT2D eigenvalue weighted by molar-refractivity contribution is 5.79. The van der Waals surface area contributed by atoms with Gasteiger partial charge in [0.2, 0.25) is 5.91 Å². The van der Waals surface area contributed by atoms with E-state index in [0.717, 1.165) is 16.9 Å². The Bertz CT molecular complexity index is 998. The third-order valence-electron chi connectivity index (χ3n) is 4.57. The predicted molar refractivity (Wildman–Crippen MR) is 108 cm³/mol. The summed E-state index contributed by atoms with van der Waals surface area (Å²) in [5.41, 5.74) is 2.17. The SMILES string of the molecule is COc1ccc(-c2ccc(=O)n(C(C)C(=O)N(C)Cc3ccccc3)n2)cc1. The molecule has 0 saturated heterocycles. The molecule has 0 N–H and O–H groups in total. The molecule has 1 amide bonds. The molecule has 0 aliphatic carbocycles. The fraction of sp³-hybridized carbons (Fsp3) is 0.227. The average Bonchev–Trinajstić information content (AvgIpc) is 2.74. The lowest BCUT2D eigenvalue weighted by Gasteiger charge is -2.22. The third kappa shape index (κ3) is 4.28. The molecule has 1 heterocycles. The fourth-order valence-corrected chi connectivity index (χ4v) is 2.98. The summed E-state index contributed by atoms with van der Waals surface area (Å²) in [6.45, 7) is 2.16. The molecule has 3 aromatic rings. The molecule has 6 nitrogen and oxygen atoms in total. The molecule has 1 atom stereocenters. The summed E-state index contributed by atoms with van der Waals surface area (Å²) in [7, 11) is 3.33. The summed E-state index contributed by atoms with van der Waals surface area (Å²) in [4.78, 5) is 26.8. The van der Waals surface area contributed by atoms with Crippen LogP contribution in [0.5, 0.6) is 5.75 Å². The van der Waals surface area contributed by atoms with E-state index in [2.05, 4.69) is 5.10 Å². The van der Waals surface area contributed by atoms with E-state index in [4.69, 9.17) is 4.74 Å². The molecule has 0 fully saturated rings. The van der Waals surface area contributed by atoms with Crippen molar-refractivity contribution in [1.29, 1.82) is 0 Å². The Morgan fingerprint density at radius 3 is 2.39 bits per heavy atom.